The average Bonchev–Trinajstić information content (AvgIpc) is 2.40. The summed E-state index contributed by atoms with van der Waals surface area (Å²) in [5.74, 6) is 0.350. The van der Waals surface area contributed by atoms with Crippen molar-refractivity contribution >= 4 is 5.91 Å². The number of likely N-dealkylation sites (tertiary alicyclic amines) is 1. The number of hydrogen-bond donors (Lipinski definition) is 1. The lowest BCUT2D eigenvalue weighted by atomic mass is 9.78. The molecular formula is C14H26N2O. The standard InChI is InChI=1S/C14H26N2O/c1-3-14(2)7-10-16(11-8-14)13(17)12-6-4-5-9-15-12/h12,15H,3-11H2,1-2H3. The lowest BCUT2D eigenvalue weighted by Gasteiger charge is -2.40. The van der Waals surface area contributed by atoms with Crippen molar-refractivity contribution in [1.29, 1.82) is 0 Å². The highest BCUT2D eigenvalue weighted by Gasteiger charge is 2.33. The molecule has 3 heteroatoms. The summed E-state index contributed by atoms with van der Waals surface area (Å²) in [6, 6.07) is 0.106. The molecule has 2 aliphatic rings. The maximum Gasteiger partial charge on any atom is 0.239 e. The van der Waals surface area contributed by atoms with E-state index in [4.69, 9.17) is 0 Å². The summed E-state index contributed by atoms with van der Waals surface area (Å²) in [4.78, 5) is 14.4. The molecule has 2 heterocycles. The fourth-order valence-corrected chi connectivity index (χ4v) is 2.90. The summed E-state index contributed by atoms with van der Waals surface area (Å²) < 4.78 is 0. The maximum atomic E-state index is 12.3. The second kappa shape index (κ2) is 5.38. The predicted molar refractivity (Wildman–Crippen MR) is 69.9 cm³/mol. The summed E-state index contributed by atoms with van der Waals surface area (Å²) in [6.45, 7) is 7.55. The predicted octanol–water partition coefficient (Wildman–Crippen LogP) is 2.17. The zero-order chi connectivity index (χ0) is 12.3. The Hall–Kier alpha value is -0.570. The second-order valence-electron chi connectivity index (χ2n) is 5.99. The Bertz CT molecular complexity index is 263. The van der Waals surface area contributed by atoms with Crippen molar-refractivity contribution in [2.75, 3.05) is 19.6 Å². The molecule has 1 unspecified atom stereocenters. The molecule has 1 N–H and O–H groups in total. The van der Waals surface area contributed by atoms with Crippen LogP contribution in [0.2, 0.25) is 0 Å². The molecule has 0 aromatic heterocycles. The molecule has 3 nitrogen and oxygen atoms in total. The number of carbonyl (C=O) groups excluding carboxylic acids is 1. The Morgan fingerprint density at radius 1 is 1.35 bits per heavy atom. The number of amides is 1. The van der Waals surface area contributed by atoms with Crippen LogP contribution in [0.1, 0.15) is 52.4 Å². The largest absolute Gasteiger partial charge is 0.341 e. The van der Waals surface area contributed by atoms with Crippen LogP contribution in [0.15, 0.2) is 0 Å². The molecule has 0 bridgehead atoms. The van der Waals surface area contributed by atoms with Gasteiger partial charge < -0.3 is 10.2 Å². The summed E-state index contributed by atoms with van der Waals surface area (Å²) in [7, 11) is 0. The molecule has 0 spiro atoms. The van der Waals surface area contributed by atoms with Gasteiger partial charge in [-0.25, -0.2) is 0 Å². The van der Waals surface area contributed by atoms with Gasteiger partial charge in [0.15, 0.2) is 0 Å². The molecule has 17 heavy (non-hydrogen) atoms. The molecule has 1 amide bonds. The zero-order valence-corrected chi connectivity index (χ0v) is 11.3. The highest BCUT2D eigenvalue weighted by molar-refractivity contribution is 5.82. The third kappa shape index (κ3) is 3.01. The Morgan fingerprint density at radius 3 is 2.59 bits per heavy atom. The fraction of sp³-hybridized carbons (Fsp3) is 0.929. The molecule has 1 atom stereocenters. The van der Waals surface area contributed by atoms with Gasteiger partial charge in [0.2, 0.25) is 5.91 Å². The summed E-state index contributed by atoms with van der Waals surface area (Å²) in [5.41, 5.74) is 0.469. The van der Waals surface area contributed by atoms with Crippen molar-refractivity contribution in [1.82, 2.24) is 10.2 Å². The Labute approximate surface area is 105 Å². The van der Waals surface area contributed by atoms with Gasteiger partial charge in [-0.05, 0) is 37.6 Å². The lowest BCUT2D eigenvalue weighted by Crippen LogP contribution is -2.51. The molecule has 2 saturated heterocycles. The molecule has 2 fully saturated rings. The Balaban J connectivity index is 1.85. The van der Waals surface area contributed by atoms with Gasteiger partial charge in [-0.2, -0.15) is 0 Å². The molecule has 0 aromatic rings. The van der Waals surface area contributed by atoms with E-state index in [2.05, 4.69) is 24.1 Å². The van der Waals surface area contributed by atoms with Crippen molar-refractivity contribution in [2.24, 2.45) is 5.41 Å². The van der Waals surface area contributed by atoms with E-state index >= 15 is 0 Å². The van der Waals surface area contributed by atoms with E-state index in [9.17, 15) is 4.79 Å². The molecule has 2 aliphatic heterocycles. The van der Waals surface area contributed by atoms with Gasteiger partial charge in [0, 0.05) is 13.1 Å². The fourth-order valence-electron chi connectivity index (χ4n) is 2.90. The number of hydrogen-bond acceptors (Lipinski definition) is 2. The van der Waals surface area contributed by atoms with E-state index in [0.29, 0.717) is 11.3 Å². The van der Waals surface area contributed by atoms with Crippen LogP contribution < -0.4 is 5.32 Å². The first-order chi connectivity index (χ1) is 8.14. The number of piperidine rings is 2. The highest BCUT2D eigenvalue weighted by Crippen LogP contribution is 2.34. The van der Waals surface area contributed by atoms with Crippen LogP contribution in [0.4, 0.5) is 0 Å². The van der Waals surface area contributed by atoms with Crippen LogP contribution >= 0.6 is 0 Å². The summed E-state index contributed by atoms with van der Waals surface area (Å²) >= 11 is 0. The average molecular weight is 238 g/mol. The van der Waals surface area contributed by atoms with E-state index in [1.807, 2.05) is 0 Å². The first kappa shape index (κ1) is 12.9. The normalized spacial score (nSPS) is 29.1. The lowest BCUT2D eigenvalue weighted by molar-refractivity contribution is -0.136. The maximum absolute atomic E-state index is 12.3. The van der Waals surface area contributed by atoms with Gasteiger partial charge in [-0.1, -0.05) is 26.7 Å². The van der Waals surface area contributed by atoms with E-state index in [1.54, 1.807) is 0 Å². The van der Waals surface area contributed by atoms with Crippen molar-refractivity contribution in [3.05, 3.63) is 0 Å². The van der Waals surface area contributed by atoms with E-state index < -0.39 is 0 Å². The third-order valence-electron chi connectivity index (χ3n) is 4.74. The van der Waals surface area contributed by atoms with E-state index in [-0.39, 0.29) is 6.04 Å². The van der Waals surface area contributed by atoms with Crippen molar-refractivity contribution in [3.63, 3.8) is 0 Å². The first-order valence-corrected chi connectivity index (χ1v) is 7.17. The van der Waals surface area contributed by atoms with Gasteiger partial charge in [-0.3, -0.25) is 4.79 Å². The molecule has 0 aliphatic carbocycles. The highest BCUT2D eigenvalue weighted by atomic mass is 16.2. The van der Waals surface area contributed by atoms with Crippen LogP contribution in [0, 0.1) is 5.41 Å². The zero-order valence-electron chi connectivity index (χ0n) is 11.3. The van der Waals surface area contributed by atoms with Crippen molar-refractivity contribution in [3.8, 4) is 0 Å². The van der Waals surface area contributed by atoms with Gasteiger partial charge in [-0.15, -0.1) is 0 Å². The topological polar surface area (TPSA) is 32.3 Å². The smallest absolute Gasteiger partial charge is 0.239 e. The van der Waals surface area contributed by atoms with Crippen molar-refractivity contribution in [2.45, 2.75) is 58.4 Å². The van der Waals surface area contributed by atoms with Gasteiger partial charge in [0.25, 0.3) is 0 Å². The van der Waals surface area contributed by atoms with Crippen LogP contribution in [0.25, 0.3) is 0 Å². The number of nitrogens with one attached hydrogen (secondary N) is 1. The van der Waals surface area contributed by atoms with E-state index in [0.717, 1.165) is 26.1 Å². The van der Waals surface area contributed by atoms with Crippen LogP contribution in [-0.2, 0) is 4.79 Å². The van der Waals surface area contributed by atoms with Crippen LogP contribution in [0.5, 0.6) is 0 Å². The molecule has 0 radical (unpaired) electrons. The second-order valence-corrected chi connectivity index (χ2v) is 5.99. The Morgan fingerprint density at radius 2 is 2.06 bits per heavy atom. The molecule has 0 saturated carbocycles. The van der Waals surface area contributed by atoms with Crippen LogP contribution in [-0.4, -0.2) is 36.5 Å². The monoisotopic (exact) mass is 238 g/mol. The minimum atomic E-state index is 0.106. The Kier molecular flexibility index (Phi) is 4.08. The quantitative estimate of drug-likeness (QED) is 0.799. The minimum Gasteiger partial charge on any atom is -0.341 e. The summed E-state index contributed by atoms with van der Waals surface area (Å²) in [5, 5.41) is 3.36. The van der Waals surface area contributed by atoms with Gasteiger partial charge in [0.1, 0.15) is 0 Å². The molecule has 98 valence electrons. The minimum absolute atomic E-state index is 0.106. The van der Waals surface area contributed by atoms with Gasteiger partial charge in [0.05, 0.1) is 6.04 Å². The number of rotatable bonds is 2. The first-order valence-electron chi connectivity index (χ1n) is 7.17. The third-order valence-corrected chi connectivity index (χ3v) is 4.74. The molecule has 2 rings (SSSR count). The molecular weight excluding hydrogens is 212 g/mol. The van der Waals surface area contributed by atoms with Crippen LogP contribution in [0.3, 0.4) is 0 Å². The number of nitrogens with zero attached hydrogens (tertiary/aromatic N) is 1. The van der Waals surface area contributed by atoms with E-state index in [1.165, 1.54) is 32.1 Å². The van der Waals surface area contributed by atoms with Crippen molar-refractivity contribution < 1.29 is 4.79 Å². The molecule has 0 aromatic carbocycles. The summed E-state index contributed by atoms with van der Waals surface area (Å²) in [6.07, 6.45) is 7.02. The SMILES string of the molecule is CCC1(C)CCN(C(=O)C2CCCCN2)CC1. The van der Waals surface area contributed by atoms with Gasteiger partial charge >= 0.3 is 0 Å². The number of carbonyl (C=O) groups is 1.